The second-order valence-corrected chi connectivity index (χ2v) is 5.97. The fraction of sp³-hybridized carbons (Fsp3) is 0.588. The first-order valence-electron chi connectivity index (χ1n) is 7.64. The van der Waals surface area contributed by atoms with Crippen LogP contribution in [0.3, 0.4) is 0 Å². The van der Waals surface area contributed by atoms with Crippen LogP contribution in [0.5, 0.6) is 0 Å². The standard InChI is InChI=1S/C17H26N2O/c1-13-9-10-14(2)16(11-13)18-12-17(20)19(3)15-7-5-4-6-8-15/h9-11,15,18H,4-8,12H2,1-3H3. The zero-order valence-corrected chi connectivity index (χ0v) is 12.9. The summed E-state index contributed by atoms with van der Waals surface area (Å²) in [6.07, 6.45) is 6.15. The minimum absolute atomic E-state index is 0.192. The van der Waals surface area contributed by atoms with Crippen molar-refractivity contribution in [2.45, 2.75) is 52.0 Å². The van der Waals surface area contributed by atoms with Crippen LogP contribution >= 0.6 is 0 Å². The highest BCUT2D eigenvalue weighted by atomic mass is 16.2. The normalized spacial score (nSPS) is 15.9. The van der Waals surface area contributed by atoms with Gasteiger partial charge in [-0.1, -0.05) is 31.4 Å². The largest absolute Gasteiger partial charge is 0.376 e. The van der Waals surface area contributed by atoms with E-state index >= 15 is 0 Å². The van der Waals surface area contributed by atoms with Crippen LogP contribution in [0, 0.1) is 13.8 Å². The fourth-order valence-electron chi connectivity index (χ4n) is 2.89. The number of aryl methyl sites for hydroxylation is 2. The molecule has 0 bridgehead atoms. The zero-order valence-electron chi connectivity index (χ0n) is 12.9. The Morgan fingerprint density at radius 2 is 1.95 bits per heavy atom. The lowest BCUT2D eigenvalue weighted by molar-refractivity contribution is -0.130. The van der Waals surface area contributed by atoms with Gasteiger partial charge in [-0.15, -0.1) is 0 Å². The third-order valence-corrected chi connectivity index (χ3v) is 4.34. The van der Waals surface area contributed by atoms with Crippen molar-refractivity contribution in [1.29, 1.82) is 0 Å². The summed E-state index contributed by atoms with van der Waals surface area (Å²) < 4.78 is 0. The number of anilines is 1. The minimum Gasteiger partial charge on any atom is -0.376 e. The maximum absolute atomic E-state index is 12.3. The smallest absolute Gasteiger partial charge is 0.241 e. The number of hydrogen-bond acceptors (Lipinski definition) is 2. The average Bonchev–Trinajstić information content (AvgIpc) is 2.48. The van der Waals surface area contributed by atoms with Crippen LogP contribution in [0.25, 0.3) is 0 Å². The van der Waals surface area contributed by atoms with Crippen LogP contribution in [-0.2, 0) is 4.79 Å². The summed E-state index contributed by atoms with van der Waals surface area (Å²) in [6.45, 7) is 4.52. The van der Waals surface area contributed by atoms with E-state index in [9.17, 15) is 4.79 Å². The maximum Gasteiger partial charge on any atom is 0.241 e. The van der Waals surface area contributed by atoms with Crippen LogP contribution < -0.4 is 5.32 Å². The van der Waals surface area contributed by atoms with E-state index in [1.54, 1.807) is 0 Å². The molecule has 1 fully saturated rings. The second kappa shape index (κ2) is 6.78. The van der Waals surface area contributed by atoms with Crippen LogP contribution in [0.2, 0.25) is 0 Å². The third kappa shape index (κ3) is 3.75. The van der Waals surface area contributed by atoms with E-state index in [0.717, 1.165) is 18.5 Å². The lowest BCUT2D eigenvalue weighted by Gasteiger charge is -2.31. The van der Waals surface area contributed by atoms with Gasteiger partial charge in [0.15, 0.2) is 0 Å². The van der Waals surface area contributed by atoms with Crippen LogP contribution in [0.1, 0.15) is 43.2 Å². The molecule has 2 rings (SSSR count). The van der Waals surface area contributed by atoms with Crippen molar-refractivity contribution in [3.8, 4) is 0 Å². The van der Waals surface area contributed by atoms with Gasteiger partial charge in [0.2, 0.25) is 5.91 Å². The lowest BCUT2D eigenvalue weighted by Crippen LogP contribution is -2.41. The number of nitrogens with zero attached hydrogens (tertiary/aromatic N) is 1. The Morgan fingerprint density at radius 1 is 1.25 bits per heavy atom. The molecule has 0 aromatic heterocycles. The Bertz CT molecular complexity index is 464. The van der Waals surface area contributed by atoms with E-state index in [0.29, 0.717) is 12.6 Å². The summed E-state index contributed by atoms with van der Waals surface area (Å²) >= 11 is 0. The highest BCUT2D eigenvalue weighted by Crippen LogP contribution is 2.22. The van der Waals surface area contributed by atoms with Gasteiger partial charge in [0, 0.05) is 18.8 Å². The molecule has 1 aliphatic rings. The van der Waals surface area contributed by atoms with Gasteiger partial charge in [-0.25, -0.2) is 0 Å². The summed E-state index contributed by atoms with van der Waals surface area (Å²) in [4.78, 5) is 14.2. The molecule has 1 aromatic carbocycles. The molecule has 0 spiro atoms. The van der Waals surface area contributed by atoms with Gasteiger partial charge in [0.05, 0.1) is 6.54 Å². The summed E-state index contributed by atoms with van der Waals surface area (Å²) in [5.41, 5.74) is 3.46. The lowest BCUT2D eigenvalue weighted by atomic mass is 9.94. The summed E-state index contributed by atoms with van der Waals surface area (Å²) in [5, 5.41) is 3.28. The Balaban J connectivity index is 1.89. The topological polar surface area (TPSA) is 32.3 Å². The van der Waals surface area contributed by atoms with Gasteiger partial charge in [-0.3, -0.25) is 4.79 Å². The molecule has 1 amide bonds. The first kappa shape index (κ1) is 14.9. The number of nitrogens with one attached hydrogen (secondary N) is 1. The Hall–Kier alpha value is -1.51. The minimum atomic E-state index is 0.192. The van der Waals surface area contributed by atoms with E-state index in [-0.39, 0.29) is 5.91 Å². The van der Waals surface area contributed by atoms with Gasteiger partial charge in [-0.05, 0) is 43.9 Å². The predicted molar refractivity (Wildman–Crippen MR) is 84.0 cm³/mol. The number of benzene rings is 1. The Kier molecular flexibility index (Phi) is 5.05. The molecule has 0 unspecified atom stereocenters. The SMILES string of the molecule is Cc1ccc(C)c(NCC(=O)N(C)C2CCCCC2)c1. The summed E-state index contributed by atoms with van der Waals surface area (Å²) in [7, 11) is 1.95. The molecule has 1 aliphatic carbocycles. The molecule has 20 heavy (non-hydrogen) atoms. The van der Waals surface area contributed by atoms with Gasteiger partial charge in [0.1, 0.15) is 0 Å². The summed E-state index contributed by atoms with van der Waals surface area (Å²) in [5.74, 6) is 0.192. The number of carbonyl (C=O) groups excluding carboxylic acids is 1. The highest BCUT2D eigenvalue weighted by Gasteiger charge is 2.21. The van der Waals surface area contributed by atoms with E-state index in [1.807, 2.05) is 11.9 Å². The van der Waals surface area contributed by atoms with Gasteiger partial charge >= 0.3 is 0 Å². The molecular formula is C17H26N2O. The fourth-order valence-corrected chi connectivity index (χ4v) is 2.89. The first-order valence-corrected chi connectivity index (χ1v) is 7.64. The number of amides is 1. The molecule has 0 atom stereocenters. The van der Waals surface area contributed by atoms with Crippen molar-refractivity contribution in [3.05, 3.63) is 29.3 Å². The molecule has 1 N–H and O–H groups in total. The van der Waals surface area contributed by atoms with Crippen molar-refractivity contribution in [2.24, 2.45) is 0 Å². The van der Waals surface area contributed by atoms with Crippen LogP contribution in [-0.4, -0.2) is 30.4 Å². The molecule has 1 aromatic rings. The number of likely N-dealkylation sites (N-methyl/N-ethyl adjacent to an activating group) is 1. The predicted octanol–water partition coefficient (Wildman–Crippen LogP) is 3.51. The van der Waals surface area contributed by atoms with Crippen molar-refractivity contribution < 1.29 is 4.79 Å². The monoisotopic (exact) mass is 274 g/mol. The van der Waals surface area contributed by atoms with Gasteiger partial charge < -0.3 is 10.2 Å². The molecule has 0 aliphatic heterocycles. The number of carbonyl (C=O) groups is 1. The molecule has 0 radical (unpaired) electrons. The summed E-state index contributed by atoms with van der Waals surface area (Å²) in [6, 6.07) is 6.73. The zero-order chi connectivity index (χ0) is 14.5. The molecular weight excluding hydrogens is 248 g/mol. The van der Waals surface area contributed by atoms with Crippen LogP contribution in [0.4, 0.5) is 5.69 Å². The number of rotatable bonds is 4. The number of hydrogen-bond donors (Lipinski definition) is 1. The molecule has 3 nitrogen and oxygen atoms in total. The maximum atomic E-state index is 12.3. The van der Waals surface area contributed by atoms with Gasteiger partial charge in [-0.2, -0.15) is 0 Å². The Labute approximate surface area is 122 Å². The van der Waals surface area contributed by atoms with Crippen LogP contribution in [0.15, 0.2) is 18.2 Å². The van der Waals surface area contributed by atoms with E-state index in [2.05, 4.69) is 37.4 Å². The van der Waals surface area contributed by atoms with Crippen molar-refractivity contribution in [2.75, 3.05) is 18.9 Å². The van der Waals surface area contributed by atoms with E-state index in [4.69, 9.17) is 0 Å². The highest BCUT2D eigenvalue weighted by molar-refractivity contribution is 5.81. The molecule has 1 saturated carbocycles. The molecule has 0 saturated heterocycles. The quantitative estimate of drug-likeness (QED) is 0.911. The van der Waals surface area contributed by atoms with Crippen molar-refractivity contribution >= 4 is 11.6 Å². The van der Waals surface area contributed by atoms with Gasteiger partial charge in [0.25, 0.3) is 0 Å². The molecule has 3 heteroatoms. The first-order chi connectivity index (χ1) is 9.58. The Morgan fingerprint density at radius 3 is 2.65 bits per heavy atom. The van der Waals surface area contributed by atoms with E-state index < -0.39 is 0 Å². The molecule has 110 valence electrons. The average molecular weight is 274 g/mol. The second-order valence-electron chi connectivity index (χ2n) is 5.97. The third-order valence-electron chi connectivity index (χ3n) is 4.34. The van der Waals surface area contributed by atoms with Crippen molar-refractivity contribution in [3.63, 3.8) is 0 Å². The van der Waals surface area contributed by atoms with Crippen molar-refractivity contribution in [1.82, 2.24) is 4.90 Å². The molecule has 0 heterocycles. The van der Waals surface area contributed by atoms with E-state index in [1.165, 1.54) is 30.4 Å².